The molecule has 0 unspecified atom stereocenters. The van der Waals surface area contributed by atoms with Crippen LogP contribution < -0.4 is 10.6 Å². The highest BCUT2D eigenvalue weighted by Crippen LogP contribution is 2.14. The smallest absolute Gasteiger partial charge is 0.372 e. The van der Waals surface area contributed by atoms with Gasteiger partial charge in [0.05, 0.1) is 6.54 Å². The van der Waals surface area contributed by atoms with Crippen LogP contribution in [0, 0.1) is 0 Å². The molecule has 2 rings (SSSR count). The third-order valence-corrected chi connectivity index (χ3v) is 3.05. The number of nitrogens with one attached hydrogen (secondary N) is 2. The van der Waals surface area contributed by atoms with E-state index in [0.717, 1.165) is 11.5 Å². The van der Waals surface area contributed by atoms with E-state index >= 15 is 0 Å². The van der Waals surface area contributed by atoms with Crippen molar-refractivity contribution in [1.29, 1.82) is 0 Å². The summed E-state index contributed by atoms with van der Waals surface area (Å²) in [5, 5.41) is 14.2. The van der Waals surface area contributed by atoms with Crippen LogP contribution in [0.4, 0.5) is 13.2 Å². The molecule has 2 aromatic rings. The molecule has 0 saturated carbocycles. The molecule has 0 aliphatic heterocycles. The topological polar surface area (TPSA) is 75.8 Å². The Kier molecular flexibility index (Phi) is 6.36. The lowest BCUT2D eigenvalue weighted by molar-refractivity contribution is -0.173. The van der Waals surface area contributed by atoms with Crippen LogP contribution in [-0.2, 0) is 11.3 Å². The molecule has 7 nitrogen and oxygen atoms in total. The largest absolute Gasteiger partial charge is 0.411 e. The third kappa shape index (κ3) is 5.69. The second-order valence-electron chi connectivity index (χ2n) is 4.92. The zero-order valence-corrected chi connectivity index (χ0v) is 13.2. The second kappa shape index (κ2) is 8.48. The summed E-state index contributed by atoms with van der Waals surface area (Å²) in [5.74, 6) is 1.25. The van der Waals surface area contributed by atoms with Gasteiger partial charge in [0.1, 0.15) is 6.61 Å². The molecule has 10 heteroatoms. The molecular weight excluding hydrogens is 325 g/mol. The summed E-state index contributed by atoms with van der Waals surface area (Å²) in [6.45, 7) is -0.341. The maximum Gasteiger partial charge on any atom is 0.411 e. The minimum atomic E-state index is -4.29. The van der Waals surface area contributed by atoms with Gasteiger partial charge in [-0.05, 0) is 18.6 Å². The molecule has 2 aromatic heterocycles. The van der Waals surface area contributed by atoms with E-state index in [4.69, 9.17) is 0 Å². The SMILES string of the molecule is CN=C(NCCCOCC(F)(F)F)NCc1nnc2ccccn12. The van der Waals surface area contributed by atoms with Gasteiger partial charge in [-0.2, -0.15) is 13.2 Å². The van der Waals surface area contributed by atoms with Crippen molar-refractivity contribution in [2.75, 3.05) is 26.8 Å². The number of pyridine rings is 1. The van der Waals surface area contributed by atoms with Gasteiger partial charge in [0.2, 0.25) is 0 Å². The molecule has 0 aromatic carbocycles. The fourth-order valence-corrected chi connectivity index (χ4v) is 1.96. The minimum absolute atomic E-state index is 0.0261. The molecule has 0 aliphatic rings. The van der Waals surface area contributed by atoms with Crippen LogP contribution >= 0.6 is 0 Å². The molecule has 24 heavy (non-hydrogen) atoms. The van der Waals surface area contributed by atoms with E-state index in [1.807, 2.05) is 28.8 Å². The Hall–Kier alpha value is -2.36. The van der Waals surface area contributed by atoms with Gasteiger partial charge in [-0.1, -0.05) is 6.07 Å². The van der Waals surface area contributed by atoms with Crippen molar-refractivity contribution < 1.29 is 17.9 Å². The number of fused-ring (bicyclic) bond motifs is 1. The van der Waals surface area contributed by atoms with Crippen LogP contribution in [0.3, 0.4) is 0 Å². The number of aromatic nitrogens is 3. The summed E-state index contributed by atoms with van der Waals surface area (Å²) < 4.78 is 42.1. The molecule has 0 aliphatic carbocycles. The van der Waals surface area contributed by atoms with Gasteiger partial charge >= 0.3 is 6.18 Å². The molecule has 0 fully saturated rings. The zero-order chi connectivity index (χ0) is 17.4. The molecule has 2 heterocycles. The first-order valence-corrected chi connectivity index (χ1v) is 7.37. The predicted octanol–water partition coefficient (Wildman–Crippen LogP) is 1.36. The summed E-state index contributed by atoms with van der Waals surface area (Å²) in [5.41, 5.74) is 0.749. The Bertz CT molecular complexity index is 670. The monoisotopic (exact) mass is 344 g/mol. The lowest BCUT2D eigenvalue weighted by Gasteiger charge is -2.11. The minimum Gasteiger partial charge on any atom is -0.372 e. The average Bonchev–Trinajstić information content (AvgIpc) is 2.96. The van der Waals surface area contributed by atoms with Crippen molar-refractivity contribution in [2.24, 2.45) is 4.99 Å². The first-order chi connectivity index (χ1) is 11.5. The van der Waals surface area contributed by atoms with Crippen LogP contribution in [0.5, 0.6) is 0 Å². The molecule has 0 atom stereocenters. The molecular formula is C14H19F3N6O. The van der Waals surface area contributed by atoms with Gasteiger partial charge in [0, 0.05) is 26.4 Å². The van der Waals surface area contributed by atoms with Crippen LogP contribution in [0.2, 0.25) is 0 Å². The summed E-state index contributed by atoms with van der Waals surface area (Å²) in [7, 11) is 1.61. The number of hydrogen-bond donors (Lipinski definition) is 2. The number of aliphatic imine (C=N–C) groups is 1. The summed E-state index contributed by atoms with van der Waals surface area (Å²) in [4.78, 5) is 4.04. The fourth-order valence-electron chi connectivity index (χ4n) is 1.96. The molecule has 0 radical (unpaired) electrons. The molecule has 2 N–H and O–H groups in total. The number of alkyl halides is 3. The van der Waals surface area contributed by atoms with Gasteiger partial charge in [-0.25, -0.2) is 0 Å². The van der Waals surface area contributed by atoms with Crippen molar-refractivity contribution in [2.45, 2.75) is 19.1 Å². The van der Waals surface area contributed by atoms with E-state index in [2.05, 4.69) is 30.6 Å². The standard InChI is InChI=1S/C14H19F3N6O/c1-18-13(19-6-4-8-24-10-14(15,16)17)20-9-12-22-21-11-5-2-3-7-23(11)12/h2-3,5,7H,4,6,8-10H2,1H3,(H2,18,19,20). The Morgan fingerprint density at radius 3 is 2.88 bits per heavy atom. The van der Waals surface area contributed by atoms with E-state index < -0.39 is 12.8 Å². The molecule has 0 bridgehead atoms. The number of hydrogen-bond acceptors (Lipinski definition) is 4. The van der Waals surface area contributed by atoms with Crippen LogP contribution in [0.15, 0.2) is 29.4 Å². The summed E-state index contributed by atoms with van der Waals surface area (Å²) in [6.07, 6.45) is -1.99. The van der Waals surface area contributed by atoms with Gasteiger partial charge in [-0.3, -0.25) is 9.39 Å². The van der Waals surface area contributed by atoms with E-state index in [1.165, 1.54) is 0 Å². The summed E-state index contributed by atoms with van der Waals surface area (Å²) >= 11 is 0. The number of rotatable bonds is 7. The van der Waals surface area contributed by atoms with Gasteiger partial charge in [0.15, 0.2) is 17.4 Å². The maximum atomic E-state index is 11.9. The highest BCUT2D eigenvalue weighted by molar-refractivity contribution is 5.79. The molecule has 132 valence electrons. The van der Waals surface area contributed by atoms with Gasteiger partial charge in [0.25, 0.3) is 0 Å². The Balaban J connectivity index is 1.69. The van der Waals surface area contributed by atoms with E-state index in [1.54, 1.807) is 7.05 Å². The van der Waals surface area contributed by atoms with Crippen molar-refractivity contribution in [3.63, 3.8) is 0 Å². The van der Waals surface area contributed by atoms with E-state index in [-0.39, 0.29) is 6.61 Å². The van der Waals surface area contributed by atoms with Crippen molar-refractivity contribution in [1.82, 2.24) is 25.2 Å². The van der Waals surface area contributed by atoms with Crippen molar-refractivity contribution in [3.8, 4) is 0 Å². The highest BCUT2D eigenvalue weighted by atomic mass is 19.4. The lowest BCUT2D eigenvalue weighted by Crippen LogP contribution is -2.38. The molecule has 0 amide bonds. The quantitative estimate of drug-likeness (QED) is 0.451. The highest BCUT2D eigenvalue weighted by Gasteiger charge is 2.27. The Morgan fingerprint density at radius 2 is 2.12 bits per heavy atom. The Labute approximate surface area is 136 Å². The van der Waals surface area contributed by atoms with Crippen LogP contribution in [0.25, 0.3) is 5.65 Å². The number of halogens is 3. The fraction of sp³-hybridized carbons (Fsp3) is 0.500. The maximum absolute atomic E-state index is 11.9. The van der Waals surface area contributed by atoms with E-state index in [9.17, 15) is 13.2 Å². The summed E-state index contributed by atoms with van der Waals surface area (Å²) in [6, 6.07) is 5.61. The van der Waals surface area contributed by atoms with Crippen molar-refractivity contribution in [3.05, 3.63) is 30.2 Å². The zero-order valence-electron chi connectivity index (χ0n) is 13.2. The first-order valence-electron chi connectivity index (χ1n) is 7.37. The van der Waals surface area contributed by atoms with Gasteiger partial charge in [-0.15, -0.1) is 10.2 Å². The average molecular weight is 344 g/mol. The third-order valence-electron chi connectivity index (χ3n) is 3.05. The first kappa shape index (κ1) is 18.0. The second-order valence-corrected chi connectivity index (χ2v) is 4.92. The van der Waals surface area contributed by atoms with Crippen LogP contribution in [0.1, 0.15) is 12.2 Å². The lowest BCUT2D eigenvalue weighted by atomic mass is 10.4. The number of guanidine groups is 1. The van der Waals surface area contributed by atoms with E-state index in [0.29, 0.717) is 25.5 Å². The van der Waals surface area contributed by atoms with Crippen molar-refractivity contribution >= 4 is 11.6 Å². The normalized spacial score (nSPS) is 12.6. The number of ether oxygens (including phenoxy) is 1. The Morgan fingerprint density at radius 1 is 1.29 bits per heavy atom. The number of nitrogens with zero attached hydrogens (tertiary/aromatic N) is 4. The van der Waals surface area contributed by atoms with Gasteiger partial charge < -0.3 is 15.4 Å². The molecule has 0 spiro atoms. The molecule has 0 saturated heterocycles. The predicted molar refractivity (Wildman–Crippen MR) is 82.7 cm³/mol. The van der Waals surface area contributed by atoms with Crippen LogP contribution in [-0.4, -0.2) is 53.5 Å².